The standard InChI is InChI=1S/C17H26N2O/c1-12-4-3-5-14(17(12)20)11-18-10-13-8-15-6-7-16(9-13)19(15)2/h3-5,13,15-16,18,20H,6-11H2,1-2H3. The Kier molecular flexibility index (Phi) is 3.99. The molecule has 2 N–H and O–H groups in total. The van der Waals surface area contributed by atoms with Gasteiger partial charge in [-0.05, 0) is 57.7 Å². The predicted octanol–water partition coefficient (Wildman–Crippen LogP) is 2.66. The fourth-order valence-corrected chi connectivity index (χ4v) is 3.96. The predicted molar refractivity (Wildman–Crippen MR) is 81.8 cm³/mol. The van der Waals surface area contributed by atoms with E-state index in [4.69, 9.17) is 0 Å². The van der Waals surface area contributed by atoms with Crippen molar-refractivity contribution in [3.8, 4) is 5.75 Å². The number of fused-ring (bicyclic) bond motifs is 2. The van der Waals surface area contributed by atoms with E-state index in [0.29, 0.717) is 5.75 Å². The van der Waals surface area contributed by atoms with Crippen LogP contribution in [0.4, 0.5) is 0 Å². The lowest BCUT2D eigenvalue weighted by Gasteiger charge is -2.36. The second kappa shape index (κ2) is 5.74. The van der Waals surface area contributed by atoms with Gasteiger partial charge in [0.05, 0.1) is 0 Å². The van der Waals surface area contributed by atoms with Crippen LogP contribution in [0, 0.1) is 12.8 Å². The minimum absolute atomic E-state index is 0.448. The van der Waals surface area contributed by atoms with Gasteiger partial charge in [-0.3, -0.25) is 0 Å². The lowest BCUT2D eigenvalue weighted by Crippen LogP contribution is -2.42. The van der Waals surface area contributed by atoms with Crippen LogP contribution < -0.4 is 5.32 Å². The van der Waals surface area contributed by atoms with Gasteiger partial charge in [0, 0.05) is 24.2 Å². The van der Waals surface area contributed by atoms with Crippen LogP contribution in [0.5, 0.6) is 5.75 Å². The molecule has 2 unspecified atom stereocenters. The fraction of sp³-hybridized carbons (Fsp3) is 0.647. The van der Waals surface area contributed by atoms with Crippen LogP contribution >= 0.6 is 0 Å². The first-order valence-corrected chi connectivity index (χ1v) is 7.85. The van der Waals surface area contributed by atoms with Crippen molar-refractivity contribution in [1.82, 2.24) is 10.2 Å². The molecule has 110 valence electrons. The molecule has 3 heteroatoms. The lowest BCUT2D eigenvalue weighted by molar-refractivity contribution is 0.133. The second-order valence-electron chi connectivity index (χ2n) is 6.60. The highest BCUT2D eigenvalue weighted by Gasteiger charge is 2.37. The van der Waals surface area contributed by atoms with E-state index in [1.807, 2.05) is 25.1 Å². The van der Waals surface area contributed by atoms with Crippen LogP contribution in [-0.4, -0.2) is 35.7 Å². The number of nitrogens with one attached hydrogen (secondary N) is 1. The Balaban J connectivity index is 1.50. The molecule has 0 amide bonds. The second-order valence-corrected chi connectivity index (χ2v) is 6.60. The first-order valence-electron chi connectivity index (χ1n) is 7.85. The van der Waals surface area contributed by atoms with Crippen LogP contribution in [0.2, 0.25) is 0 Å². The number of hydrogen-bond acceptors (Lipinski definition) is 3. The van der Waals surface area contributed by atoms with Crippen LogP contribution in [0.1, 0.15) is 36.8 Å². The van der Waals surface area contributed by atoms with E-state index in [1.165, 1.54) is 25.7 Å². The first-order chi connectivity index (χ1) is 9.65. The number of aryl methyl sites for hydroxylation is 1. The fourth-order valence-electron chi connectivity index (χ4n) is 3.96. The van der Waals surface area contributed by atoms with E-state index in [2.05, 4.69) is 17.3 Å². The molecule has 2 aliphatic heterocycles. The highest BCUT2D eigenvalue weighted by molar-refractivity contribution is 5.39. The molecule has 0 aliphatic carbocycles. The Morgan fingerprint density at radius 3 is 2.65 bits per heavy atom. The Morgan fingerprint density at radius 2 is 1.95 bits per heavy atom. The molecule has 2 fully saturated rings. The third-order valence-electron chi connectivity index (χ3n) is 5.27. The summed E-state index contributed by atoms with van der Waals surface area (Å²) >= 11 is 0. The summed E-state index contributed by atoms with van der Waals surface area (Å²) in [5.74, 6) is 1.25. The molecule has 3 nitrogen and oxygen atoms in total. The monoisotopic (exact) mass is 274 g/mol. The molecule has 2 bridgehead atoms. The van der Waals surface area contributed by atoms with E-state index < -0.39 is 0 Å². The molecule has 0 radical (unpaired) electrons. The van der Waals surface area contributed by atoms with E-state index in [1.54, 1.807) is 0 Å². The van der Waals surface area contributed by atoms with Crippen molar-refractivity contribution >= 4 is 0 Å². The molecule has 0 spiro atoms. The number of rotatable bonds is 4. The quantitative estimate of drug-likeness (QED) is 0.886. The third-order valence-corrected chi connectivity index (χ3v) is 5.27. The van der Waals surface area contributed by atoms with Gasteiger partial charge >= 0.3 is 0 Å². The van der Waals surface area contributed by atoms with E-state index >= 15 is 0 Å². The molecule has 0 aromatic heterocycles. The molecule has 2 atom stereocenters. The van der Waals surface area contributed by atoms with Crippen molar-refractivity contribution in [1.29, 1.82) is 0 Å². The first kappa shape index (κ1) is 13.9. The Bertz CT molecular complexity index is 460. The van der Waals surface area contributed by atoms with Crippen molar-refractivity contribution < 1.29 is 5.11 Å². The molecule has 2 heterocycles. The SMILES string of the molecule is Cc1cccc(CNCC2CC3CCC(C2)N3C)c1O. The molecule has 20 heavy (non-hydrogen) atoms. The van der Waals surface area contributed by atoms with Crippen LogP contribution in [-0.2, 0) is 6.54 Å². The number of benzene rings is 1. The number of nitrogens with zero attached hydrogens (tertiary/aromatic N) is 1. The number of hydrogen-bond donors (Lipinski definition) is 2. The van der Waals surface area contributed by atoms with Crippen LogP contribution in [0.25, 0.3) is 0 Å². The van der Waals surface area contributed by atoms with E-state index in [-0.39, 0.29) is 0 Å². The lowest BCUT2D eigenvalue weighted by atomic mass is 9.91. The van der Waals surface area contributed by atoms with Gasteiger partial charge in [-0.1, -0.05) is 18.2 Å². The molecule has 2 aliphatic rings. The summed E-state index contributed by atoms with van der Waals surface area (Å²) in [7, 11) is 2.29. The van der Waals surface area contributed by atoms with Gasteiger partial charge in [0.1, 0.15) is 5.75 Å². The van der Waals surface area contributed by atoms with E-state index in [9.17, 15) is 5.11 Å². The van der Waals surface area contributed by atoms with E-state index in [0.717, 1.165) is 42.2 Å². The smallest absolute Gasteiger partial charge is 0.122 e. The van der Waals surface area contributed by atoms with Crippen LogP contribution in [0.15, 0.2) is 18.2 Å². The summed E-state index contributed by atoms with van der Waals surface area (Å²) in [5, 5.41) is 13.6. The van der Waals surface area contributed by atoms with Crippen molar-refractivity contribution in [2.75, 3.05) is 13.6 Å². The zero-order chi connectivity index (χ0) is 14.1. The largest absolute Gasteiger partial charge is 0.507 e. The molecule has 0 saturated carbocycles. The third kappa shape index (κ3) is 2.70. The van der Waals surface area contributed by atoms with Gasteiger partial charge in [0.2, 0.25) is 0 Å². The molecular weight excluding hydrogens is 248 g/mol. The van der Waals surface area contributed by atoms with Crippen molar-refractivity contribution in [3.63, 3.8) is 0 Å². The molecule has 2 saturated heterocycles. The Labute approximate surface area is 122 Å². The van der Waals surface area contributed by atoms with Crippen molar-refractivity contribution in [3.05, 3.63) is 29.3 Å². The molecular formula is C17H26N2O. The van der Waals surface area contributed by atoms with Gasteiger partial charge in [-0.25, -0.2) is 0 Å². The maximum atomic E-state index is 10.0. The van der Waals surface area contributed by atoms with Crippen molar-refractivity contribution in [2.45, 2.75) is 51.2 Å². The average molecular weight is 274 g/mol. The summed E-state index contributed by atoms with van der Waals surface area (Å²) in [6, 6.07) is 7.60. The van der Waals surface area contributed by atoms with Crippen molar-refractivity contribution in [2.24, 2.45) is 5.92 Å². The molecule has 3 rings (SSSR count). The highest BCUT2D eigenvalue weighted by Crippen LogP contribution is 2.37. The van der Waals surface area contributed by atoms with Gasteiger partial charge in [-0.2, -0.15) is 0 Å². The summed E-state index contributed by atoms with van der Waals surface area (Å²) in [4.78, 5) is 2.59. The summed E-state index contributed by atoms with van der Waals surface area (Å²) in [5.41, 5.74) is 1.97. The number of piperidine rings is 1. The zero-order valence-electron chi connectivity index (χ0n) is 12.6. The molecule has 1 aromatic rings. The molecule has 1 aromatic carbocycles. The number of aromatic hydroxyl groups is 1. The Morgan fingerprint density at radius 1 is 1.25 bits per heavy atom. The number of phenolic OH excluding ortho intramolecular Hbond substituents is 1. The van der Waals surface area contributed by atoms with Crippen LogP contribution in [0.3, 0.4) is 0 Å². The van der Waals surface area contributed by atoms with Gasteiger partial charge < -0.3 is 15.3 Å². The summed E-state index contributed by atoms with van der Waals surface area (Å²) in [6.07, 6.45) is 5.44. The Hall–Kier alpha value is -1.06. The highest BCUT2D eigenvalue weighted by atomic mass is 16.3. The number of phenols is 1. The van der Waals surface area contributed by atoms with Gasteiger partial charge in [0.15, 0.2) is 0 Å². The maximum Gasteiger partial charge on any atom is 0.122 e. The average Bonchev–Trinajstić information content (AvgIpc) is 2.65. The zero-order valence-corrected chi connectivity index (χ0v) is 12.6. The minimum atomic E-state index is 0.448. The normalized spacial score (nSPS) is 29.8. The minimum Gasteiger partial charge on any atom is -0.507 e. The maximum absolute atomic E-state index is 10.0. The topological polar surface area (TPSA) is 35.5 Å². The summed E-state index contributed by atoms with van der Waals surface area (Å²) < 4.78 is 0. The summed E-state index contributed by atoms with van der Waals surface area (Å²) in [6.45, 7) is 3.80. The number of para-hydroxylation sites is 1. The van der Waals surface area contributed by atoms with Gasteiger partial charge in [0.25, 0.3) is 0 Å². The van der Waals surface area contributed by atoms with Gasteiger partial charge in [-0.15, -0.1) is 0 Å².